The first-order valence-electron chi connectivity index (χ1n) is 5.99. The molecule has 1 aromatic carbocycles. The van der Waals surface area contributed by atoms with E-state index in [0.29, 0.717) is 5.92 Å². The van der Waals surface area contributed by atoms with Crippen molar-refractivity contribution in [1.29, 1.82) is 0 Å². The molecule has 0 saturated heterocycles. The second-order valence-corrected chi connectivity index (χ2v) is 5.58. The molecular formula is C16H18S. The van der Waals surface area contributed by atoms with Crippen LogP contribution in [0.5, 0.6) is 0 Å². The van der Waals surface area contributed by atoms with Gasteiger partial charge in [-0.15, -0.1) is 11.3 Å². The molecule has 0 amide bonds. The van der Waals surface area contributed by atoms with Crippen LogP contribution in [0.1, 0.15) is 42.7 Å². The fourth-order valence-corrected chi connectivity index (χ4v) is 3.03. The molecule has 17 heavy (non-hydrogen) atoms. The van der Waals surface area contributed by atoms with Crippen LogP contribution in [0.3, 0.4) is 0 Å². The number of benzene rings is 1. The lowest BCUT2D eigenvalue weighted by Crippen LogP contribution is -1.85. The second-order valence-electron chi connectivity index (χ2n) is 4.49. The van der Waals surface area contributed by atoms with E-state index in [0.717, 1.165) is 0 Å². The topological polar surface area (TPSA) is 0 Å². The number of allylic oxidation sites excluding steroid dienone is 1. The lowest BCUT2D eigenvalue weighted by atomic mass is 10.00. The Kier molecular flexibility index (Phi) is 3.49. The first-order valence-corrected chi connectivity index (χ1v) is 6.80. The molecule has 2 rings (SSSR count). The first kappa shape index (κ1) is 12.1. The number of rotatable bonds is 3. The summed E-state index contributed by atoms with van der Waals surface area (Å²) in [6.45, 7) is 10.4. The van der Waals surface area contributed by atoms with Crippen LogP contribution in [0.15, 0.2) is 30.9 Å². The molecule has 0 bridgehead atoms. The van der Waals surface area contributed by atoms with E-state index in [9.17, 15) is 0 Å². The van der Waals surface area contributed by atoms with Gasteiger partial charge in [0.2, 0.25) is 0 Å². The van der Waals surface area contributed by atoms with Crippen molar-refractivity contribution in [3.05, 3.63) is 46.9 Å². The van der Waals surface area contributed by atoms with E-state index in [1.165, 1.54) is 26.1 Å². The van der Waals surface area contributed by atoms with E-state index in [1.54, 1.807) is 0 Å². The minimum atomic E-state index is 0.574. The smallest absolute Gasteiger partial charge is 0.0355 e. The van der Waals surface area contributed by atoms with Crippen LogP contribution in [0.25, 0.3) is 22.2 Å². The van der Waals surface area contributed by atoms with Crippen molar-refractivity contribution in [2.75, 3.05) is 0 Å². The van der Waals surface area contributed by atoms with Gasteiger partial charge >= 0.3 is 0 Å². The summed E-state index contributed by atoms with van der Waals surface area (Å²) < 4.78 is 1.34. The van der Waals surface area contributed by atoms with Crippen LogP contribution < -0.4 is 0 Å². The van der Waals surface area contributed by atoms with Crippen LogP contribution in [-0.4, -0.2) is 0 Å². The van der Waals surface area contributed by atoms with Crippen molar-refractivity contribution < 1.29 is 0 Å². The van der Waals surface area contributed by atoms with Gasteiger partial charge in [-0.2, -0.15) is 0 Å². The Morgan fingerprint density at radius 2 is 2.06 bits per heavy atom. The van der Waals surface area contributed by atoms with Crippen molar-refractivity contribution >= 4 is 33.6 Å². The van der Waals surface area contributed by atoms with Crippen molar-refractivity contribution in [3.63, 3.8) is 0 Å². The monoisotopic (exact) mass is 242 g/mol. The summed E-state index contributed by atoms with van der Waals surface area (Å²) >= 11 is 1.81. The molecule has 0 fully saturated rings. The Morgan fingerprint density at radius 1 is 1.29 bits per heavy atom. The Hall–Kier alpha value is -1.34. The zero-order valence-electron chi connectivity index (χ0n) is 10.7. The van der Waals surface area contributed by atoms with Gasteiger partial charge in [0.15, 0.2) is 0 Å². The number of thiophene rings is 1. The Labute approximate surface area is 107 Å². The van der Waals surface area contributed by atoms with Gasteiger partial charge in [0.1, 0.15) is 0 Å². The van der Waals surface area contributed by atoms with E-state index >= 15 is 0 Å². The highest BCUT2D eigenvalue weighted by molar-refractivity contribution is 7.20. The van der Waals surface area contributed by atoms with E-state index in [-0.39, 0.29) is 0 Å². The lowest BCUT2D eigenvalue weighted by Gasteiger charge is -2.05. The van der Waals surface area contributed by atoms with Gasteiger partial charge in [-0.05, 0) is 36.1 Å². The third-order valence-corrected chi connectivity index (χ3v) is 4.15. The molecule has 0 spiro atoms. The van der Waals surface area contributed by atoms with Gasteiger partial charge in [-0.1, -0.05) is 44.7 Å². The molecule has 0 saturated carbocycles. The minimum Gasteiger partial charge on any atom is -0.135 e. The summed E-state index contributed by atoms with van der Waals surface area (Å²) in [5.74, 6) is 0.574. The van der Waals surface area contributed by atoms with Gasteiger partial charge in [-0.3, -0.25) is 0 Å². The lowest BCUT2D eigenvalue weighted by molar-refractivity contribution is 0.869. The molecule has 1 heterocycles. The zero-order chi connectivity index (χ0) is 12.4. The maximum absolute atomic E-state index is 3.90. The van der Waals surface area contributed by atoms with Crippen molar-refractivity contribution in [3.8, 4) is 0 Å². The molecule has 0 aliphatic heterocycles. The van der Waals surface area contributed by atoms with E-state index in [2.05, 4.69) is 57.7 Å². The Bertz CT molecular complexity index is 570. The SMILES string of the molecule is C=Cc1sc2ccc(C(C)C)cc2c1/C=C\C. The first-order chi connectivity index (χ1) is 8.17. The van der Waals surface area contributed by atoms with Crippen molar-refractivity contribution in [2.24, 2.45) is 0 Å². The Balaban J connectivity index is 2.73. The maximum atomic E-state index is 3.90. The highest BCUT2D eigenvalue weighted by Crippen LogP contribution is 2.35. The number of fused-ring (bicyclic) bond motifs is 1. The maximum Gasteiger partial charge on any atom is 0.0355 e. The average Bonchev–Trinajstić information content (AvgIpc) is 2.67. The van der Waals surface area contributed by atoms with E-state index in [1.807, 2.05) is 17.4 Å². The fourth-order valence-electron chi connectivity index (χ4n) is 2.00. The van der Waals surface area contributed by atoms with E-state index < -0.39 is 0 Å². The predicted octanol–water partition coefficient (Wildman–Crippen LogP) is 5.70. The number of hydrogen-bond acceptors (Lipinski definition) is 1. The standard InChI is InChI=1S/C16H18S/c1-5-7-13-14-10-12(11(3)4)8-9-16(14)17-15(13)6-2/h5-11H,2H2,1,3-4H3/b7-5-. The van der Waals surface area contributed by atoms with Gasteiger partial charge < -0.3 is 0 Å². The molecule has 1 heteroatoms. The zero-order valence-corrected chi connectivity index (χ0v) is 11.5. The summed E-state index contributed by atoms with van der Waals surface area (Å²) in [5, 5.41) is 1.36. The number of hydrogen-bond donors (Lipinski definition) is 0. The third-order valence-electron chi connectivity index (χ3n) is 2.96. The molecule has 0 radical (unpaired) electrons. The van der Waals surface area contributed by atoms with Gasteiger partial charge in [0.25, 0.3) is 0 Å². The molecule has 0 atom stereocenters. The summed E-state index contributed by atoms with van der Waals surface area (Å²) in [6.07, 6.45) is 6.23. The highest BCUT2D eigenvalue weighted by atomic mass is 32.1. The van der Waals surface area contributed by atoms with Crippen LogP contribution in [-0.2, 0) is 0 Å². The second kappa shape index (κ2) is 4.89. The molecule has 0 unspecified atom stereocenters. The van der Waals surface area contributed by atoms with Crippen LogP contribution in [0.4, 0.5) is 0 Å². The van der Waals surface area contributed by atoms with Gasteiger partial charge in [-0.25, -0.2) is 0 Å². The normalized spacial score (nSPS) is 11.8. The fraction of sp³-hybridized carbons (Fsp3) is 0.250. The van der Waals surface area contributed by atoms with Crippen LogP contribution in [0, 0.1) is 0 Å². The molecule has 2 aromatic rings. The molecule has 0 nitrogen and oxygen atoms in total. The van der Waals surface area contributed by atoms with Crippen molar-refractivity contribution in [1.82, 2.24) is 0 Å². The molecule has 0 aliphatic carbocycles. The molecule has 1 aromatic heterocycles. The summed E-state index contributed by atoms with van der Waals surface area (Å²) in [7, 11) is 0. The summed E-state index contributed by atoms with van der Waals surface area (Å²) in [4.78, 5) is 1.26. The summed E-state index contributed by atoms with van der Waals surface area (Å²) in [6, 6.07) is 6.78. The molecular weight excluding hydrogens is 224 g/mol. The van der Waals surface area contributed by atoms with Gasteiger partial charge in [0, 0.05) is 15.0 Å². The quantitative estimate of drug-likeness (QED) is 0.647. The average molecular weight is 242 g/mol. The van der Waals surface area contributed by atoms with Crippen molar-refractivity contribution in [2.45, 2.75) is 26.7 Å². The molecule has 0 aliphatic rings. The van der Waals surface area contributed by atoms with Crippen LogP contribution in [0.2, 0.25) is 0 Å². The molecule has 88 valence electrons. The summed E-state index contributed by atoms with van der Waals surface area (Å²) in [5.41, 5.74) is 2.71. The Morgan fingerprint density at radius 3 is 2.65 bits per heavy atom. The van der Waals surface area contributed by atoms with E-state index in [4.69, 9.17) is 0 Å². The third kappa shape index (κ3) is 2.20. The van der Waals surface area contributed by atoms with Crippen LogP contribution >= 0.6 is 11.3 Å². The largest absolute Gasteiger partial charge is 0.135 e. The highest BCUT2D eigenvalue weighted by Gasteiger charge is 2.09. The molecule has 0 N–H and O–H groups in total. The van der Waals surface area contributed by atoms with Gasteiger partial charge in [0.05, 0.1) is 0 Å². The predicted molar refractivity (Wildman–Crippen MR) is 80.7 cm³/mol. The minimum absolute atomic E-state index is 0.574.